The fourth-order valence-corrected chi connectivity index (χ4v) is 2.73. The molecule has 0 saturated heterocycles. The molecule has 29 heavy (non-hydrogen) atoms. The Balaban J connectivity index is 2.11. The predicted octanol–water partition coefficient (Wildman–Crippen LogP) is 2.74. The predicted molar refractivity (Wildman–Crippen MR) is 111 cm³/mol. The van der Waals surface area contributed by atoms with Gasteiger partial charge in [0.25, 0.3) is 5.91 Å². The van der Waals surface area contributed by atoms with Crippen LogP contribution in [0.4, 0.5) is 0 Å². The smallest absolute Gasteiger partial charge is 0.251 e. The Morgan fingerprint density at radius 1 is 0.966 bits per heavy atom. The second-order valence-corrected chi connectivity index (χ2v) is 6.25. The van der Waals surface area contributed by atoms with Crippen molar-refractivity contribution in [2.75, 3.05) is 35.4 Å². The first-order valence-corrected chi connectivity index (χ1v) is 8.97. The maximum Gasteiger partial charge on any atom is 0.251 e. The van der Waals surface area contributed by atoms with E-state index < -0.39 is 0 Å². The number of carbonyl (C=O) groups is 2. The summed E-state index contributed by atoms with van der Waals surface area (Å²) in [6, 6.07) is 10.6. The molecule has 0 heterocycles. The molecule has 0 radical (unpaired) electrons. The highest BCUT2D eigenvalue weighted by Gasteiger charge is 2.12. The lowest BCUT2D eigenvalue weighted by molar-refractivity contribution is -0.125. The summed E-state index contributed by atoms with van der Waals surface area (Å²) in [6.45, 7) is 0.417. The molecule has 2 rings (SSSR count). The van der Waals surface area contributed by atoms with Crippen molar-refractivity contribution in [1.82, 2.24) is 10.2 Å². The molecule has 7 nitrogen and oxygen atoms in total. The number of ether oxygens (including phenoxy) is 3. The van der Waals surface area contributed by atoms with Crippen molar-refractivity contribution in [3.8, 4) is 17.2 Å². The van der Waals surface area contributed by atoms with Crippen LogP contribution in [0, 0.1) is 0 Å². The van der Waals surface area contributed by atoms with Crippen molar-refractivity contribution in [2.24, 2.45) is 0 Å². The summed E-state index contributed by atoms with van der Waals surface area (Å²) in [7, 11) is 7.95. The van der Waals surface area contributed by atoms with Gasteiger partial charge in [-0.1, -0.05) is 12.1 Å². The van der Waals surface area contributed by atoms with E-state index in [0.29, 0.717) is 34.9 Å². The molecule has 2 amide bonds. The molecule has 1 N–H and O–H groups in total. The standard InChI is InChI=1S/C22H26N2O5/c1-23-22(26)16-8-6-15(7-9-16)14-24(2)21(25)11-10-17-12-19(28-4)20(29-5)13-18(17)27-3/h6-13H,14H2,1-5H3,(H,23,26)/b11-10+. The van der Waals surface area contributed by atoms with Crippen LogP contribution in [-0.4, -0.2) is 52.1 Å². The molecule has 0 spiro atoms. The van der Waals surface area contributed by atoms with Gasteiger partial charge in [-0.25, -0.2) is 0 Å². The fraction of sp³-hybridized carbons (Fsp3) is 0.273. The van der Waals surface area contributed by atoms with Crippen LogP contribution in [0.15, 0.2) is 42.5 Å². The van der Waals surface area contributed by atoms with Crippen LogP contribution in [0.3, 0.4) is 0 Å². The van der Waals surface area contributed by atoms with Crippen molar-refractivity contribution in [3.63, 3.8) is 0 Å². The highest BCUT2D eigenvalue weighted by molar-refractivity contribution is 5.94. The van der Waals surface area contributed by atoms with E-state index in [2.05, 4.69) is 5.32 Å². The second-order valence-electron chi connectivity index (χ2n) is 6.25. The van der Waals surface area contributed by atoms with E-state index in [1.54, 1.807) is 70.7 Å². The third-order valence-corrected chi connectivity index (χ3v) is 4.38. The third-order valence-electron chi connectivity index (χ3n) is 4.38. The van der Waals surface area contributed by atoms with Crippen molar-refractivity contribution in [2.45, 2.75) is 6.54 Å². The number of benzene rings is 2. The van der Waals surface area contributed by atoms with Gasteiger partial charge in [-0.15, -0.1) is 0 Å². The minimum atomic E-state index is -0.169. The SMILES string of the molecule is CNC(=O)c1ccc(CN(C)C(=O)/C=C/c2cc(OC)c(OC)cc2OC)cc1. The van der Waals surface area contributed by atoms with E-state index in [9.17, 15) is 9.59 Å². The number of nitrogens with one attached hydrogen (secondary N) is 1. The molecular weight excluding hydrogens is 372 g/mol. The van der Waals surface area contributed by atoms with Gasteiger partial charge in [0.05, 0.1) is 21.3 Å². The van der Waals surface area contributed by atoms with Crippen LogP contribution in [0.2, 0.25) is 0 Å². The van der Waals surface area contributed by atoms with Crippen LogP contribution in [0.5, 0.6) is 17.2 Å². The average molecular weight is 398 g/mol. The molecule has 0 fully saturated rings. The number of methoxy groups -OCH3 is 3. The molecule has 0 saturated carbocycles. The van der Waals surface area contributed by atoms with E-state index in [1.165, 1.54) is 6.08 Å². The number of nitrogens with zero attached hydrogens (tertiary/aromatic N) is 1. The molecule has 0 unspecified atom stereocenters. The molecule has 0 atom stereocenters. The quantitative estimate of drug-likeness (QED) is 0.692. The van der Waals surface area contributed by atoms with Gasteiger partial charge in [0.2, 0.25) is 5.91 Å². The Morgan fingerprint density at radius 2 is 1.55 bits per heavy atom. The Morgan fingerprint density at radius 3 is 2.10 bits per heavy atom. The fourth-order valence-electron chi connectivity index (χ4n) is 2.73. The summed E-state index contributed by atoms with van der Waals surface area (Å²) in [4.78, 5) is 25.7. The summed E-state index contributed by atoms with van der Waals surface area (Å²) in [5.74, 6) is 1.35. The van der Waals surface area contributed by atoms with E-state index in [-0.39, 0.29) is 11.8 Å². The lowest BCUT2D eigenvalue weighted by atomic mass is 10.1. The number of amides is 2. The van der Waals surface area contributed by atoms with Crippen LogP contribution in [-0.2, 0) is 11.3 Å². The van der Waals surface area contributed by atoms with E-state index in [1.807, 2.05) is 12.1 Å². The summed E-state index contributed by atoms with van der Waals surface area (Å²) in [6.07, 6.45) is 3.15. The van der Waals surface area contributed by atoms with Crippen LogP contribution >= 0.6 is 0 Å². The lowest BCUT2D eigenvalue weighted by Gasteiger charge is -2.16. The Kier molecular flexibility index (Phi) is 7.65. The molecule has 0 bridgehead atoms. The van der Waals surface area contributed by atoms with E-state index >= 15 is 0 Å². The monoisotopic (exact) mass is 398 g/mol. The maximum absolute atomic E-state index is 12.5. The number of likely N-dealkylation sites (N-methyl/N-ethyl adjacent to an activating group) is 1. The van der Waals surface area contributed by atoms with Gasteiger partial charge in [-0.05, 0) is 29.8 Å². The van der Waals surface area contributed by atoms with Gasteiger partial charge in [-0.2, -0.15) is 0 Å². The molecule has 2 aromatic rings. The summed E-state index contributed by atoms with van der Waals surface area (Å²) >= 11 is 0. The Bertz CT molecular complexity index is 891. The van der Waals surface area contributed by atoms with E-state index in [4.69, 9.17) is 14.2 Å². The summed E-state index contributed by atoms with van der Waals surface area (Å²) in [5, 5.41) is 2.58. The summed E-state index contributed by atoms with van der Waals surface area (Å²) in [5.41, 5.74) is 2.19. The van der Waals surface area contributed by atoms with Gasteiger partial charge in [-0.3, -0.25) is 9.59 Å². The topological polar surface area (TPSA) is 77.1 Å². The zero-order chi connectivity index (χ0) is 21.4. The second kappa shape index (κ2) is 10.2. The number of rotatable bonds is 8. The molecule has 2 aromatic carbocycles. The Hall–Kier alpha value is -3.48. The minimum absolute atomic E-state index is 0.146. The van der Waals surface area contributed by atoms with Gasteiger partial charge < -0.3 is 24.4 Å². The number of carbonyl (C=O) groups excluding carboxylic acids is 2. The van der Waals surface area contributed by atoms with Gasteiger partial charge in [0.15, 0.2) is 11.5 Å². The number of hydrogen-bond donors (Lipinski definition) is 1. The first kappa shape index (κ1) is 21.8. The molecule has 154 valence electrons. The van der Waals surface area contributed by atoms with E-state index in [0.717, 1.165) is 5.56 Å². The zero-order valence-corrected chi connectivity index (χ0v) is 17.3. The van der Waals surface area contributed by atoms with Crippen molar-refractivity contribution < 1.29 is 23.8 Å². The van der Waals surface area contributed by atoms with Gasteiger partial charge in [0, 0.05) is 43.9 Å². The highest BCUT2D eigenvalue weighted by atomic mass is 16.5. The minimum Gasteiger partial charge on any atom is -0.496 e. The zero-order valence-electron chi connectivity index (χ0n) is 17.3. The molecule has 0 aromatic heterocycles. The average Bonchev–Trinajstić information content (AvgIpc) is 2.76. The van der Waals surface area contributed by atoms with Crippen molar-refractivity contribution >= 4 is 17.9 Å². The molecule has 7 heteroatoms. The molecule has 0 aliphatic carbocycles. The first-order valence-electron chi connectivity index (χ1n) is 8.97. The highest BCUT2D eigenvalue weighted by Crippen LogP contribution is 2.35. The Labute approximate surface area is 170 Å². The van der Waals surface area contributed by atoms with Crippen molar-refractivity contribution in [1.29, 1.82) is 0 Å². The molecular formula is C22H26N2O5. The maximum atomic E-state index is 12.5. The first-order chi connectivity index (χ1) is 13.9. The molecule has 0 aliphatic heterocycles. The lowest BCUT2D eigenvalue weighted by Crippen LogP contribution is -2.24. The third kappa shape index (κ3) is 5.51. The van der Waals surface area contributed by atoms with Gasteiger partial charge in [0.1, 0.15) is 5.75 Å². The van der Waals surface area contributed by atoms with Crippen molar-refractivity contribution in [3.05, 3.63) is 59.2 Å². The molecule has 0 aliphatic rings. The summed E-state index contributed by atoms with van der Waals surface area (Å²) < 4.78 is 15.9. The van der Waals surface area contributed by atoms with Gasteiger partial charge >= 0.3 is 0 Å². The van der Waals surface area contributed by atoms with Crippen LogP contribution < -0.4 is 19.5 Å². The van der Waals surface area contributed by atoms with Crippen LogP contribution in [0.25, 0.3) is 6.08 Å². The normalized spacial score (nSPS) is 10.5. The number of hydrogen-bond acceptors (Lipinski definition) is 5. The largest absolute Gasteiger partial charge is 0.496 e. The van der Waals surface area contributed by atoms with Crippen LogP contribution in [0.1, 0.15) is 21.5 Å².